The number of fused-ring (bicyclic) bond motifs is 1. The van der Waals surface area contributed by atoms with Crippen molar-refractivity contribution in [3.05, 3.63) is 71.9 Å². The molecule has 3 heteroatoms. The Morgan fingerprint density at radius 1 is 1.00 bits per heavy atom. The third kappa shape index (κ3) is 3.19. The van der Waals surface area contributed by atoms with Crippen LogP contribution in [0, 0.1) is 0 Å². The highest BCUT2D eigenvalue weighted by Gasteiger charge is 2.09. The SMILES string of the molecule is O=C(O)CCCc1cn(Cc2ccccc2)c2ccccc12. The summed E-state index contributed by atoms with van der Waals surface area (Å²) in [5.41, 5.74) is 3.70. The Balaban J connectivity index is 1.88. The Morgan fingerprint density at radius 3 is 2.50 bits per heavy atom. The smallest absolute Gasteiger partial charge is 0.303 e. The molecule has 0 bridgehead atoms. The van der Waals surface area contributed by atoms with Crippen LogP contribution in [0.3, 0.4) is 0 Å². The second kappa shape index (κ2) is 6.48. The van der Waals surface area contributed by atoms with Crippen molar-refractivity contribution in [2.75, 3.05) is 0 Å². The Kier molecular flexibility index (Phi) is 4.24. The van der Waals surface area contributed by atoms with E-state index < -0.39 is 5.97 Å². The fraction of sp³-hybridized carbons (Fsp3) is 0.211. The van der Waals surface area contributed by atoms with E-state index >= 15 is 0 Å². The number of rotatable bonds is 6. The van der Waals surface area contributed by atoms with Crippen LogP contribution in [0.2, 0.25) is 0 Å². The molecule has 0 saturated heterocycles. The Bertz CT molecular complexity index is 774. The molecule has 0 aliphatic rings. The monoisotopic (exact) mass is 293 g/mol. The number of benzene rings is 2. The summed E-state index contributed by atoms with van der Waals surface area (Å²) in [7, 11) is 0. The molecule has 0 saturated carbocycles. The second-order valence-corrected chi connectivity index (χ2v) is 5.53. The molecule has 0 atom stereocenters. The van der Waals surface area contributed by atoms with E-state index in [1.807, 2.05) is 18.2 Å². The lowest BCUT2D eigenvalue weighted by Crippen LogP contribution is -1.97. The molecule has 0 unspecified atom stereocenters. The highest BCUT2D eigenvalue weighted by molar-refractivity contribution is 5.84. The van der Waals surface area contributed by atoms with E-state index in [4.69, 9.17) is 5.11 Å². The summed E-state index contributed by atoms with van der Waals surface area (Å²) in [6.07, 6.45) is 3.86. The fourth-order valence-electron chi connectivity index (χ4n) is 2.86. The fourth-order valence-corrected chi connectivity index (χ4v) is 2.86. The average molecular weight is 293 g/mol. The van der Waals surface area contributed by atoms with E-state index in [1.165, 1.54) is 22.0 Å². The van der Waals surface area contributed by atoms with Crippen LogP contribution in [-0.4, -0.2) is 15.6 Å². The van der Waals surface area contributed by atoms with E-state index in [0.29, 0.717) is 6.42 Å². The van der Waals surface area contributed by atoms with E-state index in [1.54, 1.807) is 0 Å². The molecule has 0 fully saturated rings. The standard InChI is InChI=1S/C19H19NO2/c21-19(22)12-6-9-16-14-20(13-15-7-2-1-3-8-15)18-11-5-4-10-17(16)18/h1-5,7-8,10-11,14H,6,9,12-13H2,(H,21,22). The number of carboxylic acid groups (broad SMARTS) is 1. The third-order valence-electron chi connectivity index (χ3n) is 3.90. The van der Waals surface area contributed by atoms with Gasteiger partial charge in [0.05, 0.1) is 0 Å². The van der Waals surface area contributed by atoms with Crippen molar-refractivity contribution in [2.24, 2.45) is 0 Å². The highest BCUT2D eigenvalue weighted by Crippen LogP contribution is 2.24. The summed E-state index contributed by atoms with van der Waals surface area (Å²) in [5.74, 6) is -0.729. The topological polar surface area (TPSA) is 42.2 Å². The molecule has 3 nitrogen and oxygen atoms in total. The lowest BCUT2D eigenvalue weighted by molar-refractivity contribution is -0.137. The van der Waals surface area contributed by atoms with Crippen LogP contribution in [0.4, 0.5) is 0 Å². The van der Waals surface area contributed by atoms with Gasteiger partial charge in [-0.25, -0.2) is 0 Å². The minimum absolute atomic E-state index is 0.220. The van der Waals surface area contributed by atoms with Gasteiger partial charge >= 0.3 is 5.97 Å². The molecule has 0 aliphatic carbocycles. The first-order valence-electron chi connectivity index (χ1n) is 7.56. The van der Waals surface area contributed by atoms with Gasteiger partial charge in [0.25, 0.3) is 0 Å². The van der Waals surface area contributed by atoms with Crippen LogP contribution < -0.4 is 0 Å². The first-order chi connectivity index (χ1) is 10.7. The van der Waals surface area contributed by atoms with Crippen LogP contribution in [0.5, 0.6) is 0 Å². The molecule has 0 aliphatic heterocycles. The molecule has 22 heavy (non-hydrogen) atoms. The maximum absolute atomic E-state index is 10.7. The van der Waals surface area contributed by atoms with Crippen molar-refractivity contribution < 1.29 is 9.90 Å². The van der Waals surface area contributed by atoms with Crippen molar-refractivity contribution >= 4 is 16.9 Å². The minimum atomic E-state index is -0.729. The Morgan fingerprint density at radius 2 is 1.73 bits per heavy atom. The molecule has 3 aromatic rings. The molecule has 3 rings (SSSR count). The van der Waals surface area contributed by atoms with Gasteiger partial charge in [-0.2, -0.15) is 0 Å². The van der Waals surface area contributed by atoms with E-state index in [2.05, 4.69) is 47.2 Å². The predicted octanol–water partition coefficient (Wildman–Crippen LogP) is 4.10. The molecule has 0 amide bonds. The number of hydrogen-bond donors (Lipinski definition) is 1. The Labute approximate surface area is 129 Å². The van der Waals surface area contributed by atoms with Gasteiger partial charge in [0, 0.05) is 30.1 Å². The molecule has 112 valence electrons. The van der Waals surface area contributed by atoms with Gasteiger partial charge in [-0.15, -0.1) is 0 Å². The number of aliphatic carboxylic acids is 1. The molecule has 0 spiro atoms. The first-order valence-corrected chi connectivity index (χ1v) is 7.56. The zero-order valence-corrected chi connectivity index (χ0v) is 12.4. The first kappa shape index (κ1) is 14.4. The number of para-hydroxylation sites is 1. The summed E-state index contributed by atoms with van der Waals surface area (Å²) >= 11 is 0. The lowest BCUT2D eigenvalue weighted by Gasteiger charge is -2.05. The van der Waals surface area contributed by atoms with Crippen molar-refractivity contribution in [1.29, 1.82) is 0 Å². The largest absolute Gasteiger partial charge is 0.481 e. The summed E-state index contributed by atoms with van der Waals surface area (Å²) in [5, 5.41) is 10.0. The van der Waals surface area contributed by atoms with Crippen LogP contribution >= 0.6 is 0 Å². The molecule has 1 N–H and O–H groups in total. The number of carboxylic acids is 1. The molecule has 2 aromatic carbocycles. The van der Waals surface area contributed by atoms with Crippen molar-refractivity contribution in [1.82, 2.24) is 4.57 Å². The van der Waals surface area contributed by atoms with Gasteiger partial charge in [-0.1, -0.05) is 48.5 Å². The van der Waals surface area contributed by atoms with Gasteiger partial charge in [0.1, 0.15) is 0 Å². The number of nitrogens with zero attached hydrogens (tertiary/aromatic N) is 1. The van der Waals surface area contributed by atoms with E-state index in [0.717, 1.165) is 13.0 Å². The van der Waals surface area contributed by atoms with E-state index in [9.17, 15) is 4.79 Å². The zero-order valence-electron chi connectivity index (χ0n) is 12.4. The molecule has 0 radical (unpaired) electrons. The predicted molar refractivity (Wildman–Crippen MR) is 88.1 cm³/mol. The van der Waals surface area contributed by atoms with Crippen LogP contribution in [-0.2, 0) is 17.8 Å². The number of aryl methyl sites for hydroxylation is 1. The molecular weight excluding hydrogens is 274 g/mol. The lowest BCUT2D eigenvalue weighted by atomic mass is 10.1. The summed E-state index contributed by atoms with van der Waals surface area (Å²) in [6, 6.07) is 18.7. The Hall–Kier alpha value is -2.55. The van der Waals surface area contributed by atoms with Gasteiger partial charge in [-0.05, 0) is 30.0 Å². The van der Waals surface area contributed by atoms with E-state index in [-0.39, 0.29) is 6.42 Å². The maximum atomic E-state index is 10.7. The number of hydrogen-bond acceptors (Lipinski definition) is 1. The van der Waals surface area contributed by atoms with Crippen LogP contribution in [0.25, 0.3) is 10.9 Å². The molecular formula is C19H19NO2. The quantitative estimate of drug-likeness (QED) is 0.743. The number of carbonyl (C=O) groups is 1. The van der Waals surface area contributed by atoms with Crippen molar-refractivity contribution in [3.8, 4) is 0 Å². The maximum Gasteiger partial charge on any atom is 0.303 e. The highest BCUT2D eigenvalue weighted by atomic mass is 16.4. The number of aromatic nitrogens is 1. The van der Waals surface area contributed by atoms with Gasteiger partial charge in [-0.3, -0.25) is 4.79 Å². The van der Waals surface area contributed by atoms with Crippen molar-refractivity contribution in [2.45, 2.75) is 25.8 Å². The summed E-state index contributed by atoms with van der Waals surface area (Å²) in [6.45, 7) is 0.834. The third-order valence-corrected chi connectivity index (χ3v) is 3.90. The summed E-state index contributed by atoms with van der Waals surface area (Å²) in [4.78, 5) is 10.7. The van der Waals surface area contributed by atoms with Gasteiger partial charge in [0.2, 0.25) is 0 Å². The molecule has 1 aromatic heterocycles. The summed E-state index contributed by atoms with van der Waals surface area (Å²) < 4.78 is 2.25. The van der Waals surface area contributed by atoms with Gasteiger partial charge in [0.15, 0.2) is 0 Å². The van der Waals surface area contributed by atoms with Gasteiger partial charge < -0.3 is 9.67 Å². The average Bonchev–Trinajstić information content (AvgIpc) is 2.86. The normalized spacial score (nSPS) is 10.9. The van der Waals surface area contributed by atoms with Crippen LogP contribution in [0.1, 0.15) is 24.0 Å². The minimum Gasteiger partial charge on any atom is -0.481 e. The zero-order chi connectivity index (χ0) is 15.4. The molecule has 1 heterocycles. The van der Waals surface area contributed by atoms with Crippen LogP contribution in [0.15, 0.2) is 60.8 Å². The second-order valence-electron chi connectivity index (χ2n) is 5.53. The van der Waals surface area contributed by atoms with Crippen molar-refractivity contribution in [3.63, 3.8) is 0 Å².